The number of carbonyl (C=O) groups is 1. The van der Waals surface area contributed by atoms with E-state index in [1.165, 1.54) is 24.5 Å². The van der Waals surface area contributed by atoms with Crippen molar-refractivity contribution in [3.05, 3.63) is 53.9 Å². The van der Waals surface area contributed by atoms with E-state index in [1.807, 2.05) is 0 Å². The summed E-state index contributed by atoms with van der Waals surface area (Å²) in [5.74, 6) is -2.05. The Hall–Kier alpha value is -3.50. The Kier molecular flexibility index (Phi) is 4.99. The fourth-order valence-electron chi connectivity index (χ4n) is 2.64. The summed E-state index contributed by atoms with van der Waals surface area (Å²) in [4.78, 5) is 17.8. The number of aromatic amines is 1. The first kappa shape index (κ1) is 20.2. The Morgan fingerprint density at radius 1 is 1.10 bits per heavy atom. The monoisotopic (exact) mass is 415 g/mol. The predicted octanol–water partition coefficient (Wildman–Crippen LogP) is 4.65. The number of nitrogens with zero attached hydrogens (tertiary/aromatic N) is 1. The molecular weight excluding hydrogens is 404 g/mol. The van der Waals surface area contributed by atoms with Crippen molar-refractivity contribution in [3.63, 3.8) is 0 Å². The number of ether oxygens (including phenoxy) is 1. The zero-order chi connectivity index (χ0) is 21.4. The maximum absolute atomic E-state index is 13.2. The molecule has 0 spiro atoms. The molecule has 0 aliphatic carbocycles. The molecule has 0 saturated carbocycles. The molecule has 3 N–H and O–H groups in total. The molecule has 11 heteroatoms. The van der Waals surface area contributed by atoms with Gasteiger partial charge in [0.05, 0.1) is 5.56 Å². The molecule has 1 amide bonds. The summed E-state index contributed by atoms with van der Waals surface area (Å²) in [5.41, 5.74) is 4.56. The molecule has 2 aromatic heterocycles. The van der Waals surface area contributed by atoms with Gasteiger partial charge in [0.1, 0.15) is 11.4 Å². The number of amides is 1. The maximum Gasteiger partial charge on any atom is 0.573 e. The first-order valence-corrected chi connectivity index (χ1v) is 7.86. The average molecular weight is 415 g/mol. The second-order valence-corrected chi connectivity index (χ2v) is 5.86. The SMILES string of the molecule is NC(=O)/C=C/c1c[nH]c2ncc(-c3ccc(OC(F)(F)F)c(C(F)(F)F)c3)cc12. The highest BCUT2D eigenvalue weighted by molar-refractivity contribution is 5.95. The summed E-state index contributed by atoms with van der Waals surface area (Å²) >= 11 is 0. The van der Waals surface area contributed by atoms with E-state index in [9.17, 15) is 31.1 Å². The van der Waals surface area contributed by atoms with Crippen LogP contribution in [-0.4, -0.2) is 22.2 Å². The molecule has 0 atom stereocenters. The minimum atomic E-state index is -5.27. The number of benzene rings is 1. The van der Waals surface area contributed by atoms with Gasteiger partial charge in [0, 0.05) is 35.0 Å². The highest BCUT2D eigenvalue weighted by atomic mass is 19.4. The second-order valence-electron chi connectivity index (χ2n) is 5.86. The number of carbonyl (C=O) groups excluding carboxylic acids is 1. The van der Waals surface area contributed by atoms with Gasteiger partial charge in [-0.15, -0.1) is 13.2 Å². The van der Waals surface area contributed by atoms with E-state index in [4.69, 9.17) is 5.73 Å². The van der Waals surface area contributed by atoms with E-state index in [1.54, 1.807) is 0 Å². The van der Waals surface area contributed by atoms with Gasteiger partial charge in [-0.2, -0.15) is 13.2 Å². The number of nitrogens with one attached hydrogen (secondary N) is 1. The second kappa shape index (κ2) is 7.15. The summed E-state index contributed by atoms with van der Waals surface area (Å²) in [7, 11) is 0. The first-order valence-electron chi connectivity index (χ1n) is 7.86. The van der Waals surface area contributed by atoms with Crippen LogP contribution < -0.4 is 10.5 Å². The zero-order valence-electron chi connectivity index (χ0n) is 14.2. The van der Waals surface area contributed by atoms with Gasteiger partial charge >= 0.3 is 12.5 Å². The minimum Gasteiger partial charge on any atom is -0.405 e. The highest BCUT2D eigenvalue weighted by Gasteiger charge is 2.39. The summed E-state index contributed by atoms with van der Waals surface area (Å²) in [6.07, 6.45) is -5.07. The van der Waals surface area contributed by atoms with Crippen LogP contribution in [0.5, 0.6) is 5.75 Å². The summed E-state index contributed by atoms with van der Waals surface area (Å²) in [6, 6.07) is 3.69. The summed E-state index contributed by atoms with van der Waals surface area (Å²) < 4.78 is 80.4. The number of halogens is 6. The van der Waals surface area contributed by atoms with E-state index in [0.717, 1.165) is 12.1 Å². The molecule has 3 aromatic rings. The molecule has 0 aliphatic heterocycles. The Morgan fingerprint density at radius 2 is 1.83 bits per heavy atom. The first-order chi connectivity index (χ1) is 13.4. The smallest absolute Gasteiger partial charge is 0.405 e. The third kappa shape index (κ3) is 4.68. The highest BCUT2D eigenvalue weighted by Crippen LogP contribution is 2.40. The molecule has 1 aromatic carbocycles. The number of nitrogens with two attached hydrogens (primary N) is 1. The van der Waals surface area contributed by atoms with Crippen LogP contribution in [0.2, 0.25) is 0 Å². The number of rotatable bonds is 4. The number of fused-ring (bicyclic) bond motifs is 1. The molecule has 0 radical (unpaired) electrons. The fraction of sp³-hybridized carbons (Fsp3) is 0.111. The van der Waals surface area contributed by atoms with Gasteiger partial charge in [0.15, 0.2) is 0 Å². The lowest BCUT2D eigenvalue weighted by molar-refractivity contribution is -0.276. The van der Waals surface area contributed by atoms with E-state index in [-0.39, 0.29) is 11.1 Å². The Bertz CT molecular complexity index is 1100. The Balaban J connectivity index is 2.09. The van der Waals surface area contributed by atoms with Crippen molar-refractivity contribution in [2.24, 2.45) is 5.73 Å². The van der Waals surface area contributed by atoms with E-state index < -0.39 is 29.8 Å². The molecule has 0 unspecified atom stereocenters. The predicted molar refractivity (Wildman–Crippen MR) is 91.4 cm³/mol. The molecule has 5 nitrogen and oxygen atoms in total. The number of pyridine rings is 1. The van der Waals surface area contributed by atoms with Crippen molar-refractivity contribution >= 4 is 23.0 Å². The minimum absolute atomic E-state index is 0.0210. The van der Waals surface area contributed by atoms with Crippen LogP contribution in [0, 0.1) is 0 Å². The van der Waals surface area contributed by atoms with E-state index >= 15 is 0 Å². The molecule has 3 rings (SSSR count). The lowest BCUT2D eigenvalue weighted by atomic mass is 10.0. The van der Waals surface area contributed by atoms with Crippen LogP contribution in [-0.2, 0) is 11.0 Å². The van der Waals surface area contributed by atoms with Gasteiger partial charge in [0.25, 0.3) is 0 Å². The van der Waals surface area contributed by atoms with Crippen LogP contribution in [0.15, 0.2) is 42.7 Å². The van der Waals surface area contributed by atoms with Gasteiger partial charge in [0.2, 0.25) is 5.91 Å². The largest absolute Gasteiger partial charge is 0.573 e. The van der Waals surface area contributed by atoms with Gasteiger partial charge in [-0.1, -0.05) is 6.07 Å². The lowest BCUT2D eigenvalue weighted by Gasteiger charge is -2.16. The molecule has 152 valence electrons. The van der Waals surface area contributed by atoms with Gasteiger partial charge < -0.3 is 15.5 Å². The lowest BCUT2D eigenvalue weighted by Crippen LogP contribution is -2.20. The standard InChI is InChI=1S/C18H11F6N3O2/c19-17(20,21)13-6-9(1-3-14(13)29-18(22,23)24)11-5-12-10(2-4-15(25)28)7-26-16(12)27-8-11/h1-8H,(H2,25,28)(H,26,27)/b4-2+. The third-order valence-electron chi connectivity index (χ3n) is 3.83. The van der Waals surface area contributed by atoms with Gasteiger partial charge in [-0.05, 0) is 29.8 Å². The molecular formula is C18H11F6N3O2. The van der Waals surface area contributed by atoms with Gasteiger partial charge in [-0.3, -0.25) is 4.79 Å². The van der Waals surface area contributed by atoms with E-state index in [2.05, 4.69) is 14.7 Å². The maximum atomic E-state index is 13.2. The molecule has 2 heterocycles. The van der Waals surface area contributed by atoms with Crippen LogP contribution in [0.25, 0.3) is 28.2 Å². The van der Waals surface area contributed by atoms with Crippen molar-refractivity contribution in [1.82, 2.24) is 9.97 Å². The molecule has 0 saturated heterocycles. The number of aromatic nitrogens is 2. The zero-order valence-corrected chi connectivity index (χ0v) is 14.2. The topological polar surface area (TPSA) is 81.0 Å². The molecule has 29 heavy (non-hydrogen) atoms. The van der Waals surface area contributed by atoms with Crippen molar-refractivity contribution in [2.45, 2.75) is 12.5 Å². The number of hydrogen-bond acceptors (Lipinski definition) is 3. The van der Waals surface area contributed by atoms with Crippen molar-refractivity contribution in [1.29, 1.82) is 0 Å². The molecule has 0 bridgehead atoms. The fourth-order valence-corrected chi connectivity index (χ4v) is 2.64. The Labute approximate surface area is 158 Å². The van der Waals surface area contributed by atoms with Crippen LogP contribution in [0.3, 0.4) is 0 Å². The van der Waals surface area contributed by atoms with Crippen molar-refractivity contribution < 1.29 is 35.9 Å². The summed E-state index contributed by atoms with van der Waals surface area (Å²) in [5, 5.41) is 0.476. The number of hydrogen-bond donors (Lipinski definition) is 2. The van der Waals surface area contributed by atoms with E-state index in [0.29, 0.717) is 28.7 Å². The number of alkyl halides is 6. The van der Waals surface area contributed by atoms with Crippen LogP contribution >= 0.6 is 0 Å². The number of H-pyrrole nitrogens is 1. The Morgan fingerprint density at radius 3 is 2.45 bits per heavy atom. The quantitative estimate of drug-likeness (QED) is 0.481. The third-order valence-corrected chi connectivity index (χ3v) is 3.83. The van der Waals surface area contributed by atoms with Crippen LogP contribution in [0.1, 0.15) is 11.1 Å². The molecule has 0 aliphatic rings. The summed E-state index contributed by atoms with van der Waals surface area (Å²) in [6.45, 7) is 0. The molecule has 0 fully saturated rings. The van der Waals surface area contributed by atoms with Crippen LogP contribution in [0.4, 0.5) is 26.3 Å². The average Bonchev–Trinajstić information content (AvgIpc) is 3.00. The normalized spacial score (nSPS) is 12.6. The number of primary amides is 1. The van der Waals surface area contributed by atoms with Gasteiger partial charge in [-0.25, -0.2) is 4.98 Å². The van der Waals surface area contributed by atoms with Crippen molar-refractivity contribution in [3.8, 4) is 16.9 Å². The van der Waals surface area contributed by atoms with Crippen molar-refractivity contribution in [2.75, 3.05) is 0 Å².